The van der Waals surface area contributed by atoms with E-state index in [1.54, 1.807) is 36.4 Å². The molecule has 0 spiro atoms. The summed E-state index contributed by atoms with van der Waals surface area (Å²) in [6.45, 7) is -0.203. The lowest BCUT2D eigenvalue weighted by Gasteiger charge is -2.11. The average molecular weight is 335 g/mol. The van der Waals surface area contributed by atoms with Gasteiger partial charge in [-0.3, -0.25) is 4.79 Å². The second-order valence-corrected chi connectivity index (χ2v) is 4.88. The van der Waals surface area contributed by atoms with Crippen molar-refractivity contribution < 1.29 is 19.5 Å². The molecular formula is C16H15ClN2O4. The van der Waals surface area contributed by atoms with Gasteiger partial charge in [-0.2, -0.15) is 0 Å². The van der Waals surface area contributed by atoms with Crippen LogP contribution in [0.5, 0.6) is 11.5 Å². The summed E-state index contributed by atoms with van der Waals surface area (Å²) >= 11 is 6.04. The lowest BCUT2D eigenvalue weighted by atomic mass is 10.2. The molecular weight excluding hydrogens is 320 g/mol. The van der Waals surface area contributed by atoms with Gasteiger partial charge in [-0.1, -0.05) is 28.9 Å². The van der Waals surface area contributed by atoms with Crippen molar-refractivity contribution in [2.75, 3.05) is 19.0 Å². The van der Waals surface area contributed by atoms with Gasteiger partial charge in [0.1, 0.15) is 11.5 Å². The maximum absolute atomic E-state index is 11.9. The number of hydrogen-bond acceptors (Lipinski definition) is 5. The fourth-order valence-electron chi connectivity index (χ4n) is 1.86. The molecule has 2 rings (SSSR count). The number of methoxy groups -OCH3 is 1. The van der Waals surface area contributed by atoms with Crippen LogP contribution >= 0.6 is 11.6 Å². The first kappa shape index (κ1) is 16.6. The van der Waals surface area contributed by atoms with Crippen molar-refractivity contribution >= 4 is 29.4 Å². The topological polar surface area (TPSA) is 80.2 Å². The van der Waals surface area contributed by atoms with Gasteiger partial charge >= 0.3 is 0 Å². The third-order valence-electron chi connectivity index (χ3n) is 2.90. The van der Waals surface area contributed by atoms with Gasteiger partial charge in [0.15, 0.2) is 6.61 Å². The average Bonchev–Trinajstić information content (AvgIpc) is 2.55. The number of benzene rings is 2. The Morgan fingerprint density at radius 1 is 1.30 bits per heavy atom. The summed E-state index contributed by atoms with van der Waals surface area (Å²) in [6, 6.07) is 11.9. The fraction of sp³-hybridized carbons (Fsp3) is 0.125. The lowest BCUT2D eigenvalue weighted by Crippen LogP contribution is -2.20. The second kappa shape index (κ2) is 8.05. The van der Waals surface area contributed by atoms with Gasteiger partial charge in [0.05, 0.1) is 24.0 Å². The van der Waals surface area contributed by atoms with E-state index in [4.69, 9.17) is 26.3 Å². The van der Waals surface area contributed by atoms with Crippen molar-refractivity contribution in [3.63, 3.8) is 0 Å². The van der Waals surface area contributed by atoms with E-state index in [-0.39, 0.29) is 12.5 Å². The molecule has 0 aliphatic rings. The molecule has 2 N–H and O–H groups in total. The number of ether oxygens (including phenoxy) is 2. The molecule has 0 aromatic heterocycles. The molecule has 2 aromatic rings. The van der Waals surface area contributed by atoms with Crippen LogP contribution < -0.4 is 14.8 Å². The van der Waals surface area contributed by atoms with E-state index in [1.165, 1.54) is 13.3 Å². The molecule has 0 saturated carbocycles. The first-order valence-electron chi connectivity index (χ1n) is 6.66. The molecule has 0 fully saturated rings. The van der Waals surface area contributed by atoms with Crippen molar-refractivity contribution in [2.45, 2.75) is 0 Å². The van der Waals surface area contributed by atoms with Crippen molar-refractivity contribution in [1.82, 2.24) is 0 Å². The smallest absolute Gasteiger partial charge is 0.262 e. The van der Waals surface area contributed by atoms with Gasteiger partial charge in [0.2, 0.25) is 0 Å². The molecule has 0 aliphatic carbocycles. The number of oxime groups is 1. The maximum atomic E-state index is 11.9. The van der Waals surface area contributed by atoms with Crippen LogP contribution in [0.2, 0.25) is 5.02 Å². The Labute approximate surface area is 138 Å². The highest BCUT2D eigenvalue weighted by Gasteiger charge is 2.09. The zero-order chi connectivity index (χ0) is 16.7. The van der Waals surface area contributed by atoms with Crippen molar-refractivity contribution in [2.24, 2.45) is 5.16 Å². The third-order valence-corrected chi connectivity index (χ3v) is 3.20. The van der Waals surface area contributed by atoms with E-state index in [0.29, 0.717) is 27.8 Å². The number of para-hydroxylation sites is 2. The first-order valence-corrected chi connectivity index (χ1v) is 7.04. The third kappa shape index (κ3) is 4.62. The summed E-state index contributed by atoms with van der Waals surface area (Å²) in [5.74, 6) is 0.579. The number of nitrogens with one attached hydrogen (secondary N) is 1. The van der Waals surface area contributed by atoms with Gasteiger partial charge in [-0.25, -0.2) is 0 Å². The fourth-order valence-corrected chi connectivity index (χ4v) is 2.10. The van der Waals surface area contributed by atoms with Crippen molar-refractivity contribution in [3.05, 3.63) is 53.1 Å². The van der Waals surface area contributed by atoms with E-state index < -0.39 is 0 Å². The molecule has 0 unspecified atom stereocenters. The van der Waals surface area contributed by atoms with Crippen molar-refractivity contribution in [1.29, 1.82) is 0 Å². The van der Waals surface area contributed by atoms with E-state index in [1.807, 2.05) is 6.07 Å². The number of halogens is 1. The van der Waals surface area contributed by atoms with Gasteiger partial charge in [0.25, 0.3) is 5.91 Å². The largest absolute Gasteiger partial charge is 0.495 e. The minimum atomic E-state index is -0.341. The number of amides is 1. The van der Waals surface area contributed by atoms with Crippen LogP contribution in [0, 0.1) is 0 Å². The standard InChI is InChI=1S/C16H15ClN2O4/c1-22-15-5-3-2-4-13(15)19-16(20)10-23-14-7-6-11(9-18-21)8-12(14)17/h2-9,21H,10H2,1H3,(H,19,20). The summed E-state index contributed by atoms with van der Waals surface area (Å²) in [7, 11) is 1.53. The van der Waals surface area contributed by atoms with E-state index in [0.717, 1.165) is 0 Å². The molecule has 0 bridgehead atoms. The minimum absolute atomic E-state index is 0.203. The first-order chi connectivity index (χ1) is 11.1. The van der Waals surface area contributed by atoms with Crippen LogP contribution in [0.25, 0.3) is 0 Å². The number of carbonyl (C=O) groups excluding carboxylic acids is 1. The molecule has 120 valence electrons. The number of nitrogens with zero attached hydrogens (tertiary/aromatic N) is 1. The van der Waals surface area contributed by atoms with Gasteiger partial charge in [0, 0.05) is 0 Å². The molecule has 0 aliphatic heterocycles. The SMILES string of the molecule is COc1ccccc1NC(=O)COc1ccc(C=NO)cc1Cl. The van der Waals surface area contributed by atoms with Crippen LogP contribution in [-0.4, -0.2) is 31.0 Å². The highest BCUT2D eigenvalue weighted by atomic mass is 35.5. The molecule has 1 amide bonds. The zero-order valence-corrected chi connectivity index (χ0v) is 13.1. The minimum Gasteiger partial charge on any atom is -0.495 e. The van der Waals surface area contributed by atoms with E-state index in [9.17, 15) is 4.79 Å². The molecule has 7 heteroatoms. The van der Waals surface area contributed by atoms with Gasteiger partial charge in [-0.15, -0.1) is 0 Å². The summed E-state index contributed by atoms with van der Waals surface area (Å²) in [5.41, 5.74) is 1.17. The number of carbonyl (C=O) groups is 1. The van der Waals surface area contributed by atoms with Crippen LogP contribution in [-0.2, 0) is 4.79 Å². The number of hydrogen-bond donors (Lipinski definition) is 2. The van der Waals surface area contributed by atoms with Crippen LogP contribution in [0.4, 0.5) is 5.69 Å². The Kier molecular flexibility index (Phi) is 5.82. The highest BCUT2D eigenvalue weighted by Crippen LogP contribution is 2.25. The molecule has 6 nitrogen and oxygen atoms in total. The predicted molar refractivity (Wildman–Crippen MR) is 88.0 cm³/mol. The molecule has 0 radical (unpaired) electrons. The summed E-state index contributed by atoms with van der Waals surface area (Å²) in [6.07, 6.45) is 1.24. The quantitative estimate of drug-likeness (QED) is 0.483. The summed E-state index contributed by atoms with van der Waals surface area (Å²) in [5, 5.41) is 14.4. The molecule has 0 saturated heterocycles. The normalized spacial score (nSPS) is 10.5. The van der Waals surface area contributed by atoms with Crippen LogP contribution in [0.3, 0.4) is 0 Å². The zero-order valence-electron chi connectivity index (χ0n) is 12.3. The van der Waals surface area contributed by atoms with E-state index in [2.05, 4.69) is 10.5 Å². The molecule has 2 aromatic carbocycles. The predicted octanol–water partition coefficient (Wildman–Crippen LogP) is 3.17. The van der Waals surface area contributed by atoms with Crippen LogP contribution in [0.1, 0.15) is 5.56 Å². The second-order valence-electron chi connectivity index (χ2n) is 4.47. The summed E-state index contributed by atoms with van der Waals surface area (Å²) in [4.78, 5) is 11.9. The summed E-state index contributed by atoms with van der Waals surface area (Å²) < 4.78 is 10.5. The maximum Gasteiger partial charge on any atom is 0.262 e. The number of rotatable bonds is 6. The molecule has 0 atom stereocenters. The Hall–Kier alpha value is -2.73. The van der Waals surface area contributed by atoms with Gasteiger partial charge in [-0.05, 0) is 35.9 Å². The Morgan fingerprint density at radius 2 is 2.09 bits per heavy atom. The number of anilines is 1. The highest BCUT2D eigenvalue weighted by molar-refractivity contribution is 6.32. The van der Waals surface area contributed by atoms with E-state index >= 15 is 0 Å². The Morgan fingerprint density at radius 3 is 2.78 bits per heavy atom. The monoisotopic (exact) mass is 334 g/mol. The molecule has 23 heavy (non-hydrogen) atoms. The van der Waals surface area contributed by atoms with Crippen molar-refractivity contribution in [3.8, 4) is 11.5 Å². The lowest BCUT2D eigenvalue weighted by molar-refractivity contribution is -0.118. The molecule has 0 heterocycles. The Balaban J connectivity index is 1.96. The van der Waals surface area contributed by atoms with Crippen LogP contribution in [0.15, 0.2) is 47.6 Å². The Bertz CT molecular complexity index is 719. The van der Waals surface area contributed by atoms with Gasteiger partial charge < -0.3 is 20.0 Å².